The Hall–Kier alpha value is -3.18. The van der Waals surface area contributed by atoms with Gasteiger partial charge in [0.25, 0.3) is 0 Å². The second-order valence-corrected chi connectivity index (χ2v) is 12.2. The molecule has 148 valence electrons. The SMILES string of the molecule is C[Si](C)(C)C#Cc1ccc(-c2nc(-c3ccc(C(F)(F)F)cc3)cnc2N)cn1. The molecule has 8 heteroatoms. The summed E-state index contributed by atoms with van der Waals surface area (Å²) in [4.78, 5) is 13.0. The van der Waals surface area contributed by atoms with E-state index in [0.717, 1.165) is 12.1 Å². The van der Waals surface area contributed by atoms with Crippen molar-refractivity contribution in [3.8, 4) is 34.0 Å². The van der Waals surface area contributed by atoms with E-state index in [4.69, 9.17) is 5.73 Å². The van der Waals surface area contributed by atoms with E-state index < -0.39 is 19.8 Å². The molecule has 0 unspecified atom stereocenters. The van der Waals surface area contributed by atoms with Crippen LogP contribution in [0.4, 0.5) is 19.0 Å². The first-order chi connectivity index (χ1) is 13.5. The van der Waals surface area contributed by atoms with E-state index in [-0.39, 0.29) is 5.82 Å². The summed E-state index contributed by atoms with van der Waals surface area (Å²) in [7, 11) is -1.50. The molecule has 3 aromatic rings. The molecule has 3 rings (SSSR count). The van der Waals surface area contributed by atoms with Crippen LogP contribution in [0.25, 0.3) is 22.5 Å². The van der Waals surface area contributed by atoms with E-state index in [1.54, 1.807) is 18.3 Å². The van der Waals surface area contributed by atoms with E-state index in [2.05, 4.69) is 46.1 Å². The number of nitrogen functional groups attached to an aromatic ring is 1. The van der Waals surface area contributed by atoms with Gasteiger partial charge in [-0.25, -0.2) is 15.0 Å². The van der Waals surface area contributed by atoms with Crippen LogP contribution in [0.2, 0.25) is 19.6 Å². The van der Waals surface area contributed by atoms with Crippen molar-refractivity contribution >= 4 is 13.9 Å². The van der Waals surface area contributed by atoms with Crippen molar-refractivity contribution in [2.45, 2.75) is 25.8 Å². The summed E-state index contributed by atoms with van der Waals surface area (Å²) < 4.78 is 38.3. The fraction of sp³-hybridized carbons (Fsp3) is 0.190. The van der Waals surface area contributed by atoms with Crippen molar-refractivity contribution in [2.24, 2.45) is 0 Å². The van der Waals surface area contributed by atoms with Gasteiger partial charge in [0.2, 0.25) is 0 Å². The highest BCUT2D eigenvalue weighted by Crippen LogP contribution is 2.31. The van der Waals surface area contributed by atoms with Crippen molar-refractivity contribution in [1.82, 2.24) is 15.0 Å². The Morgan fingerprint density at radius 3 is 2.10 bits per heavy atom. The van der Waals surface area contributed by atoms with Gasteiger partial charge in [-0.3, -0.25) is 0 Å². The monoisotopic (exact) mass is 412 g/mol. The van der Waals surface area contributed by atoms with Crippen LogP contribution in [-0.4, -0.2) is 23.0 Å². The molecule has 0 aliphatic rings. The molecular weight excluding hydrogens is 393 g/mol. The van der Waals surface area contributed by atoms with E-state index in [0.29, 0.717) is 28.2 Å². The molecule has 4 nitrogen and oxygen atoms in total. The molecule has 0 bridgehead atoms. The number of benzene rings is 1. The predicted molar refractivity (Wildman–Crippen MR) is 110 cm³/mol. The zero-order valence-corrected chi connectivity index (χ0v) is 17.2. The molecule has 29 heavy (non-hydrogen) atoms. The summed E-state index contributed by atoms with van der Waals surface area (Å²) in [6.07, 6.45) is -1.34. The van der Waals surface area contributed by atoms with Crippen LogP contribution in [0, 0.1) is 11.5 Å². The number of halogens is 3. The highest BCUT2D eigenvalue weighted by molar-refractivity contribution is 6.83. The number of alkyl halides is 3. The van der Waals surface area contributed by atoms with Gasteiger partial charge < -0.3 is 5.73 Å². The predicted octanol–water partition coefficient (Wildman–Crippen LogP) is 5.04. The van der Waals surface area contributed by atoms with Gasteiger partial charge in [-0.1, -0.05) is 37.7 Å². The largest absolute Gasteiger partial charge is 0.416 e. The Morgan fingerprint density at radius 1 is 0.897 bits per heavy atom. The Bertz CT molecular complexity index is 1070. The van der Waals surface area contributed by atoms with Crippen LogP contribution in [-0.2, 0) is 6.18 Å². The number of anilines is 1. The molecule has 0 atom stereocenters. The van der Waals surface area contributed by atoms with Crippen LogP contribution in [0.1, 0.15) is 11.3 Å². The molecule has 0 radical (unpaired) electrons. The maximum atomic E-state index is 12.8. The topological polar surface area (TPSA) is 64.7 Å². The summed E-state index contributed by atoms with van der Waals surface area (Å²) in [6.45, 7) is 6.45. The summed E-state index contributed by atoms with van der Waals surface area (Å²) in [5.74, 6) is 3.29. The molecule has 2 N–H and O–H groups in total. The van der Waals surface area contributed by atoms with Gasteiger partial charge in [0.15, 0.2) is 0 Å². The number of rotatable bonds is 2. The van der Waals surface area contributed by atoms with Crippen LogP contribution in [0.5, 0.6) is 0 Å². The first kappa shape index (κ1) is 20.5. The zero-order chi connectivity index (χ0) is 21.2. The maximum absolute atomic E-state index is 12.8. The highest BCUT2D eigenvalue weighted by atomic mass is 28.3. The molecular formula is C21H19F3N4Si. The van der Waals surface area contributed by atoms with Gasteiger partial charge >= 0.3 is 6.18 Å². The van der Waals surface area contributed by atoms with Gasteiger partial charge in [-0.2, -0.15) is 13.2 Å². The van der Waals surface area contributed by atoms with Crippen LogP contribution >= 0.6 is 0 Å². The summed E-state index contributed by atoms with van der Waals surface area (Å²) in [5.41, 5.74) is 11.2. The van der Waals surface area contributed by atoms with Crippen LogP contribution in [0.15, 0.2) is 48.8 Å². The highest BCUT2D eigenvalue weighted by Gasteiger charge is 2.30. The van der Waals surface area contributed by atoms with Crippen molar-refractivity contribution in [2.75, 3.05) is 5.73 Å². The number of nitrogens with two attached hydrogens (primary N) is 1. The van der Waals surface area contributed by atoms with Crippen molar-refractivity contribution in [1.29, 1.82) is 0 Å². The molecule has 1 aromatic carbocycles. The molecule has 0 saturated carbocycles. The minimum Gasteiger partial charge on any atom is -0.382 e. The summed E-state index contributed by atoms with van der Waals surface area (Å²) in [6, 6.07) is 8.34. The lowest BCUT2D eigenvalue weighted by Crippen LogP contribution is -2.16. The minimum absolute atomic E-state index is 0.211. The minimum atomic E-state index is -4.39. The van der Waals surface area contributed by atoms with E-state index in [1.807, 2.05) is 0 Å². The molecule has 2 aromatic heterocycles. The Balaban J connectivity index is 1.92. The quantitative estimate of drug-likeness (QED) is 0.473. The molecule has 2 heterocycles. The third kappa shape index (κ3) is 5.21. The summed E-state index contributed by atoms with van der Waals surface area (Å²) >= 11 is 0. The molecule has 0 saturated heterocycles. The lowest BCUT2D eigenvalue weighted by molar-refractivity contribution is -0.137. The zero-order valence-electron chi connectivity index (χ0n) is 16.2. The first-order valence-corrected chi connectivity index (χ1v) is 12.3. The van der Waals surface area contributed by atoms with E-state index in [9.17, 15) is 13.2 Å². The molecule has 0 spiro atoms. The van der Waals surface area contributed by atoms with Crippen LogP contribution < -0.4 is 5.73 Å². The Labute approximate surface area is 168 Å². The van der Waals surface area contributed by atoms with Crippen molar-refractivity contribution in [3.05, 3.63) is 60.0 Å². The van der Waals surface area contributed by atoms with Gasteiger partial charge in [0, 0.05) is 17.3 Å². The summed E-state index contributed by atoms with van der Waals surface area (Å²) in [5, 5.41) is 0. The lowest BCUT2D eigenvalue weighted by atomic mass is 10.1. The number of pyridine rings is 1. The normalized spacial score (nSPS) is 11.7. The number of aromatic nitrogens is 3. The Kier molecular flexibility index (Phi) is 5.44. The number of hydrogen-bond donors (Lipinski definition) is 1. The smallest absolute Gasteiger partial charge is 0.382 e. The molecule has 0 fully saturated rings. The molecule has 0 aliphatic heterocycles. The second kappa shape index (κ2) is 7.68. The molecule has 0 amide bonds. The first-order valence-electron chi connectivity index (χ1n) is 8.83. The second-order valence-electron chi connectivity index (χ2n) is 7.50. The van der Waals surface area contributed by atoms with E-state index in [1.165, 1.54) is 18.3 Å². The third-order valence-electron chi connectivity index (χ3n) is 3.91. The van der Waals surface area contributed by atoms with Crippen molar-refractivity contribution in [3.63, 3.8) is 0 Å². The third-order valence-corrected chi connectivity index (χ3v) is 4.79. The Morgan fingerprint density at radius 2 is 1.55 bits per heavy atom. The van der Waals surface area contributed by atoms with Gasteiger partial charge in [0.1, 0.15) is 25.3 Å². The average molecular weight is 412 g/mol. The van der Waals surface area contributed by atoms with Crippen LogP contribution in [0.3, 0.4) is 0 Å². The fourth-order valence-electron chi connectivity index (χ4n) is 2.44. The van der Waals surface area contributed by atoms with Gasteiger partial charge in [0.05, 0.1) is 17.5 Å². The standard InChI is InChI=1S/C21H19F3N4Si/c1-29(2,3)11-10-17-9-6-15(12-26-17)19-20(25)27-13-18(28-19)14-4-7-16(8-5-14)21(22,23)24/h4-9,12-13H,1-3H3,(H2,25,27). The van der Waals surface area contributed by atoms with Crippen molar-refractivity contribution < 1.29 is 13.2 Å². The van der Waals surface area contributed by atoms with Gasteiger partial charge in [-0.05, 0) is 24.3 Å². The lowest BCUT2D eigenvalue weighted by Gasteiger charge is -2.09. The maximum Gasteiger partial charge on any atom is 0.416 e. The average Bonchev–Trinajstić information content (AvgIpc) is 2.66. The number of nitrogens with zero attached hydrogens (tertiary/aromatic N) is 3. The fourth-order valence-corrected chi connectivity index (χ4v) is 2.94. The van der Waals surface area contributed by atoms with E-state index >= 15 is 0 Å². The number of hydrogen-bond acceptors (Lipinski definition) is 4. The van der Waals surface area contributed by atoms with Gasteiger partial charge in [-0.15, -0.1) is 5.54 Å². The molecule has 0 aliphatic carbocycles.